The van der Waals surface area contributed by atoms with Gasteiger partial charge in [0.15, 0.2) is 11.5 Å². The maximum atomic E-state index is 12.8. The van der Waals surface area contributed by atoms with Crippen LogP contribution in [0.25, 0.3) is 5.57 Å². The number of rotatable bonds is 6. The molecule has 1 amide bonds. The van der Waals surface area contributed by atoms with Gasteiger partial charge in [0.25, 0.3) is 0 Å². The molecule has 0 N–H and O–H groups in total. The van der Waals surface area contributed by atoms with Crippen LogP contribution in [0.1, 0.15) is 11.1 Å². The van der Waals surface area contributed by atoms with Crippen molar-refractivity contribution in [3.05, 3.63) is 64.7 Å². The molecule has 1 heterocycles. The minimum Gasteiger partial charge on any atom is -0.493 e. The summed E-state index contributed by atoms with van der Waals surface area (Å²) in [5.41, 5.74) is 2.88. The number of ether oxygens (including phenoxy) is 3. The molecule has 2 aromatic rings. The molecule has 0 aromatic heterocycles. The summed E-state index contributed by atoms with van der Waals surface area (Å²) < 4.78 is 16.1. The number of hydrogen-bond donors (Lipinski definition) is 0. The third-order valence-corrected chi connectivity index (χ3v) is 4.93. The molecule has 5 nitrogen and oxygen atoms in total. The second-order valence-electron chi connectivity index (χ2n) is 6.48. The van der Waals surface area contributed by atoms with Crippen molar-refractivity contribution >= 4 is 23.1 Å². The number of nitrogens with zero attached hydrogens (tertiary/aromatic N) is 1. The highest BCUT2D eigenvalue weighted by molar-refractivity contribution is 6.30. The zero-order valence-electron chi connectivity index (χ0n) is 16.1. The van der Waals surface area contributed by atoms with Crippen LogP contribution < -0.4 is 9.47 Å². The second-order valence-corrected chi connectivity index (χ2v) is 6.92. The molecule has 2 aromatic carbocycles. The van der Waals surface area contributed by atoms with Crippen LogP contribution in [0.15, 0.2) is 48.5 Å². The van der Waals surface area contributed by atoms with Crippen molar-refractivity contribution in [3.63, 3.8) is 0 Å². The van der Waals surface area contributed by atoms with E-state index in [1.807, 2.05) is 47.4 Å². The van der Waals surface area contributed by atoms with Crippen LogP contribution in [0.4, 0.5) is 0 Å². The van der Waals surface area contributed by atoms with E-state index in [1.54, 1.807) is 20.3 Å². The molecule has 0 aliphatic carbocycles. The Kier molecular flexibility index (Phi) is 6.95. The Morgan fingerprint density at radius 2 is 1.75 bits per heavy atom. The van der Waals surface area contributed by atoms with Gasteiger partial charge in [-0.2, -0.15) is 0 Å². The summed E-state index contributed by atoms with van der Waals surface area (Å²) >= 11 is 6.01. The lowest BCUT2D eigenvalue weighted by Gasteiger charge is -2.26. The van der Waals surface area contributed by atoms with Gasteiger partial charge in [-0.25, -0.2) is 0 Å². The van der Waals surface area contributed by atoms with Gasteiger partial charge in [0.05, 0.1) is 27.4 Å². The van der Waals surface area contributed by atoms with E-state index in [1.165, 1.54) is 0 Å². The first kappa shape index (κ1) is 20.2. The molecule has 1 aliphatic heterocycles. The van der Waals surface area contributed by atoms with Crippen LogP contribution in [-0.2, 0) is 16.0 Å². The van der Waals surface area contributed by atoms with Gasteiger partial charge < -0.3 is 19.1 Å². The molecule has 6 heteroatoms. The highest BCUT2D eigenvalue weighted by Crippen LogP contribution is 2.32. The summed E-state index contributed by atoms with van der Waals surface area (Å²) in [6.45, 7) is 2.36. The van der Waals surface area contributed by atoms with Gasteiger partial charge >= 0.3 is 0 Å². The van der Waals surface area contributed by atoms with Crippen LogP contribution in [0.2, 0.25) is 5.02 Å². The SMILES string of the molecule is COc1ccc(/C(=C/C(=O)N2CCOCC2)Cc2ccc(Cl)cc2)cc1OC. The molecule has 1 saturated heterocycles. The van der Waals surface area contributed by atoms with Crippen molar-refractivity contribution in [1.82, 2.24) is 4.90 Å². The van der Waals surface area contributed by atoms with Crippen molar-refractivity contribution < 1.29 is 19.0 Å². The summed E-state index contributed by atoms with van der Waals surface area (Å²) in [5, 5.41) is 0.685. The van der Waals surface area contributed by atoms with Gasteiger partial charge in [-0.05, 0) is 47.4 Å². The fourth-order valence-electron chi connectivity index (χ4n) is 3.12. The topological polar surface area (TPSA) is 48.0 Å². The zero-order valence-corrected chi connectivity index (χ0v) is 16.9. The monoisotopic (exact) mass is 401 g/mol. The van der Waals surface area contributed by atoms with Crippen molar-refractivity contribution in [3.8, 4) is 11.5 Å². The van der Waals surface area contributed by atoms with Crippen LogP contribution in [0, 0.1) is 0 Å². The average Bonchev–Trinajstić information content (AvgIpc) is 2.74. The van der Waals surface area contributed by atoms with E-state index >= 15 is 0 Å². The lowest BCUT2D eigenvalue weighted by molar-refractivity contribution is -0.129. The first-order valence-corrected chi connectivity index (χ1v) is 9.52. The largest absolute Gasteiger partial charge is 0.493 e. The van der Waals surface area contributed by atoms with E-state index in [0.717, 1.165) is 16.7 Å². The Hall–Kier alpha value is -2.50. The molecule has 0 atom stereocenters. The van der Waals surface area contributed by atoms with E-state index < -0.39 is 0 Å². The van der Waals surface area contributed by atoms with Crippen LogP contribution in [0.3, 0.4) is 0 Å². The van der Waals surface area contributed by atoms with Gasteiger partial charge in [-0.15, -0.1) is 0 Å². The van der Waals surface area contributed by atoms with Crippen molar-refractivity contribution in [2.75, 3.05) is 40.5 Å². The highest BCUT2D eigenvalue weighted by atomic mass is 35.5. The standard InChI is InChI=1S/C22H24ClNO4/c1-26-20-8-5-17(14-21(20)27-2)18(13-16-3-6-19(23)7-4-16)15-22(25)24-9-11-28-12-10-24/h3-8,14-15H,9-13H2,1-2H3/b18-15+. The molecule has 1 fully saturated rings. The number of hydrogen-bond acceptors (Lipinski definition) is 4. The van der Waals surface area contributed by atoms with E-state index in [4.69, 9.17) is 25.8 Å². The number of carbonyl (C=O) groups is 1. The number of benzene rings is 2. The predicted molar refractivity (Wildman–Crippen MR) is 110 cm³/mol. The Morgan fingerprint density at radius 3 is 2.39 bits per heavy atom. The van der Waals surface area contributed by atoms with Crippen LogP contribution in [-0.4, -0.2) is 51.3 Å². The van der Waals surface area contributed by atoms with E-state index in [9.17, 15) is 4.79 Å². The van der Waals surface area contributed by atoms with Crippen molar-refractivity contribution in [1.29, 1.82) is 0 Å². The summed E-state index contributed by atoms with van der Waals surface area (Å²) in [7, 11) is 3.20. The molecular weight excluding hydrogens is 378 g/mol. The maximum absolute atomic E-state index is 12.8. The van der Waals surface area contributed by atoms with Crippen LogP contribution >= 0.6 is 11.6 Å². The summed E-state index contributed by atoms with van der Waals surface area (Å²) in [6.07, 6.45) is 2.31. The minimum absolute atomic E-state index is 0.0120. The van der Waals surface area contributed by atoms with Gasteiger partial charge in [-0.3, -0.25) is 4.79 Å². The molecule has 0 bridgehead atoms. The number of carbonyl (C=O) groups excluding carboxylic acids is 1. The summed E-state index contributed by atoms with van der Waals surface area (Å²) in [6, 6.07) is 13.3. The number of halogens is 1. The Morgan fingerprint density at radius 1 is 1.07 bits per heavy atom. The Bertz CT molecular complexity index is 842. The Balaban J connectivity index is 1.94. The number of allylic oxidation sites excluding steroid dienone is 1. The van der Waals surface area contributed by atoms with Gasteiger partial charge in [0.2, 0.25) is 5.91 Å². The number of amides is 1. The van der Waals surface area contributed by atoms with Gasteiger partial charge in [-0.1, -0.05) is 29.8 Å². The lowest BCUT2D eigenvalue weighted by atomic mass is 9.97. The van der Waals surface area contributed by atoms with E-state index in [2.05, 4.69) is 0 Å². The maximum Gasteiger partial charge on any atom is 0.247 e. The van der Waals surface area contributed by atoms with Crippen molar-refractivity contribution in [2.45, 2.75) is 6.42 Å². The molecule has 28 heavy (non-hydrogen) atoms. The molecule has 148 valence electrons. The molecule has 0 saturated carbocycles. The molecule has 1 aliphatic rings. The predicted octanol–water partition coefficient (Wildman–Crippen LogP) is 3.84. The minimum atomic E-state index is -0.0120. The normalized spacial score (nSPS) is 14.7. The average molecular weight is 402 g/mol. The fraction of sp³-hybridized carbons (Fsp3) is 0.318. The van der Waals surface area contributed by atoms with E-state index in [-0.39, 0.29) is 5.91 Å². The first-order valence-electron chi connectivity index (χ1n) is 9.15. The molecule has 3 rings (SSSR count). The van der Waals surface area contributed by atoms with Gasteiger partial charge in [0, 0.05) is 24.2 Å². The highest BCUT2D eigenvalue weighted by Gasteiger charge is 2.17. The molecule has 0 spiro atoms. The first-order chi connectivity index (χ1) is 13.6. The Labute approximate surface area is 170 Å². The lowest BCUT2D eigenvalue weighted by Crippen LogP contribution is -2.39. The number of morpholine rings is 1. The second kappa shape index (κ2) is 9.62. The van der Waals surface area contributed by atoms with E-state index in [0.29, 0.717) is 49.2 Å². The van der Waals surface area contributed by atoms with Crippen LogP contribution in [0.5, 0.6) is 11.5 Å². The number of methoxy groups -OCH3 is 2. The molecule has 0 unspecified atom stereocenters. The third-order valence-electron chi connectivity index (χ3n) is 4.68. The quantitative estimate of drug-likeness (QED) is 0.690. The zero-order chi connectivity index (χ0) is 19.9. The third kappa shape index (κ3) is 5.06. The molecular formula is C22H24ClNO4. The fourth-order valence-corrected chi connectivity index (χ4v) is 3.24. The van der Waals surface area contributed by atoms with Gasteiger partial charge in [0.1, 0.15) is 0 Å². The summed E-state index contributed by atoms with van der Waals surface area (Å²) in [5.74, 6) is 1.26. The molecule has 0 radical (unpaired) electrons. The summed E-state index contributed by atoms with van der Waals surface area (Å²) in [4.78, 5) is 14.6. The smallest absolute Gasteiger partial charge is 0.247 e. The van der Waals surface area contributed by atoms with Crippen molar-refractivity contribution in [2.24, 2.45) is 0 Å².